The number of hydrogen-bond acceptors (Lipinski definition) is 10. The lowest BCUT2D eigenvalue weighted by molar-refractivity contribution is -0.255. The predicted molar refractivity (Wildman–Crippen MR) is 205 cm³/mol. The van der Waals surface area contributed by atoms with Gasteiger partial charge in [-0.2, -0.15) is 0 Å². The molecule has 0 aromatic heterocycles. The Bertz CT molecular complexity index is 1620. The van der Waals surface area contributed by atoms with Gasteiger partial charge in [0.05, 0.1) is 25.3 Å². The summed E-state index contributed by atoms with van der Waals surface area (Å²) >= 11 is 0. The topological polar surface area (TPSA) is 148 Å². The Morgan fingerprint density at radius 1 is 1.07 bits per heavy atom. The number of rotatable bonds is 19. The van der Waals surface area contributed by atoms with Crippen molar-refractivity contribution >= 4 is 17.9 Å². The molecular formula is C42H57N3O9. The molecule has 1 aliphatic heterocycles. The van der Waals surface area contributed by atoms with Crippen molar-refractivity contribution in [2.75, 3.05) is 40.1 Å². The number of unbranched alkanes of at least 4 members (excludes halogenated alkanes) is 2. The lowest BCUT2D eigenvalue weighted by atomic mass is 9.55. The molecule has 3 N–H and O–H groups in total. The fourth-order valence-electron chi connectivity index (χ4n) is 8.50. The summed E-state index contributed by atoms with van der Waals surface area (Å²) in [6.45, 7) is 9.24. The number of methoxy groups -OCH3 is 1. The van der Waals surface area contributed by atoms with E-state index in [9.17, 15) is 19.8 Å². The number of nitrogens with zero attached hydrogens (tertiary/aromatic N) is 2. The van der Waals surface area contributed by atoms with E-state index in [0.717, 1.165) is 42.4 Å². The number of aliphatic hydroxyl groups excluding tert-OH is 2. The number of hydrogen-bond donors (Lipinski definition) is 3. The van der Waals surface area contributed by atoms with Crippen molar-refractivity contribution in [2.45, 2.75) is 89.5 Å². The van der Waals surface area contributed by atoms with Gasteiger partial charge in [0, 0.05) is 44.2 Å². The first-order chi connectivity index (χ1) is 26.3. The SMILES string of the molecule is C=CCOC12Oc3ccc(OC(=O)NCc4ccccc4)cc3C3C(CCCCO)C(CCCCO)C=C(C(=NOCC)CC1N(CCC)C(=O)OC)C32. The first-order valence-electron chi connectivity index (χ1n) is 19.4. The summed E-state index contributed by atoms with van der Waals surface area (Å²) in [5, 5.41) is 27.1. The van der Waals surface area contributed by atoms with E-state index < -0.39 is 29.9 Å². The van der Waals surface area contributed by atoms with E-state index in [1.54, 1.807) is 17.0 Å². The van der Waals surface area contributed by atoms with E-state index in [1.165, 1.54) is 7.11 Å². The van der Waals surface area contributed by atoms with Crippen LogP contribution < -0.4 is 14.8 Å². The average Bonchev–Trinajstić information content (AvgIpc) is 3.19. The Balaban J connectivity index is 1.69. The van der Waals surface area contributed by atoms with E-state index in [1.807, 2.05) is 56.3 Å². The quantitative estimate of drug-likeness (QED) is 0.0777. The molecule has 2 aromatic rings. The van der Waals surface area contributed by atoms with Gasteiger partial charge in [-0.05, 0) is 80.2 Å². The minimum Gasteiger partial charge on any atom is -0.459 e. The molecule has 0 radical (unpaired) electrons. The summed E-state index contributed by atoms with van der Waals surface area (Å²) < 4.78 is 25.3. The summed E-state index contributed by atoms with van der Waals surface area (Å²) in [6.07, 6.45) is 8.37. The molecule has 12 heteroatoms. The Labute approximate surface area is 319 Å². The fourth-order valence-corrected chi connectivity index (χ4v) is 8.50. The number of nitrogens with one attached hydrogen (secondary N) is 1. The normalized spacial score (nSPS) is 24.6. The van der Waals surface area contributed by atoms with Crippen LogP contribution in [0.1, 0.15) is 82.3 Å². The lowest BCUT2D eigenvalue weighted by Gasteiger charge is -2.59. The molecule has 6 atom stereocenters. The summed E-state index contributed by atoms with van der Waals surface area (Å²) in [5.41, 5.74) is 3.44. The second-order valence-corrected chi connectivity index (χ2v) is 14.1. The maximum atomic E-state index is 13.6. The van der Waals surface area contributed by atoms with Crippen molar-refractivity contribution < 1.29 is 43.6 Å². The zero-order valence-electron chi connectivity index (χ0n) is 31.9. The van der Waals surface area contributed by atoms with E-state index in [2.05, 4.69) is 23.1 Å². The van der Waals surface area contributed by atoms with Crippen LogP contribution in [0.2, 0.25) is 0 Å². The molecule has 1 saturated carbocycles. The van der Waals surface area contributed by atoms with Gasteiger partial charge in [0.15, 0.2) is 0 Å². The molecule has 2 amide bonds. The van der Waals surface area contributed by atoms with Crippen molar-refractivity contribution in [3.05, 3.63) is 84.0 Å². The maximum Gasteiger partial charge on any atom is 0.412 e. The van der Waals surface area contributed by atoms with Crippen molar-refractivity contribution in [1.82, 2.24) is 10.2 Å². The molecule has 54 heavy (non-hydrogen) atoms. The Hall–Kier alpha value is -4.39. The van der Waals surface area contributed by atoms with E-state index in [0.29, 0.717) is 56.2 Å². The standard InChI is InChI=1S/C42H57N3O9/c1-5-21-45(41(49)50-4)37-27-35(44-52-7-3)33-25-30(17-11-13-22-46)32(18-12-14-23-47)38-34-26-31(53-40(48)43-28-29-15-9-8-10-16-29)19-20-36(34)54-42(37,39(33)38)51-24-6-2/h6,8-10,15-16,19-20,25-26,30,32,37-39,46-47H,2,5,7,11-14,17-18,21-24,27-28H2,1,3-4H3,(H,43,48). The Morgan fingerprint density at radius 3 is 2.52 bits per heavy atom. The van der Waals surface area contributed by atoms with Gasteiger partial charge in [-0.15, -0.1) is 6.58 Å². The molecule has 2 aliphatic carbocycles. The summed E-state index contributed by atoms with van der Waals surface area (Å²) in [6, 6.07) is 14.4. The number of allylic oxidation sites excluding steroid dienone is 1. The van der Waals surface area contributed by atoms with Crippen LogP contribution in [0, 0.1) is 17.8 Å². The van der Waals surface area contributed by atoms with Crippen LogP contribution in [0.4, 0.5) is 9.59 Å². The van der Waals surface area contributed by atoms with Gasteiger partial charge in [0.25, 0.3) is 0 Å². The summed E-state index contributed by atoms with van der Waals surface area (Å²) in [7, 11) is 1.37. The van der Waals surface area contributed by atoms with Crippen molar-refractivity contribution in [1.29, 1.82) is 0 Å². The third-order valence-corrected chi connectivity index (χ3v) is 10.7. The van der Waals surface area contributed by atoms with E-state index >= 15 is 0 Å². The molecule has 0 bridgehead atoms. The fraction of sp³-hybridized carbons (Fsp3) is 0.548. The van der Waals surface area contributed by atoms with Gasteiger partial charge in [-0.1, -0.05) is 67.4 Å². The van der Waals surface area contributed by atoms with Gasteiger partial charge in [-0.25, -0.2) is 9.59 Å². The zero-order valence-corrected chi connectivity index (χ0v) is 31.9. The Morgan fingerprint density at radius 2 is 1.83 bits per heavy atom. The molecule has 3 aliphatic rings. The van der Waals surface area contributed by atoms with Crippen LogP contribution in [-0.4, -0.2) is 84.9 Å². The first kappa shape index (κ1) is 40.8. The van der Waals surface area contributed by atoms with Crippen LogP contribution in [0.15, 0.2) is 78.0 Å². The van der Waals surface area contributed by atoms with E-state index in [-0.39, 0.29) is 44.0 Å². The Kier molecular flexibility index (Phi) is 15.0. The number of fused-ring (bicyclic) bond motifs is 2. The molecule has 0 saturated heterocycles. The molecule has 5 rings (SSSR count). The second kappa shape index (κ2) is 19.8. The number of carbonyl (C=O) groups excluding carboxylic acids is 2. The molecule has 294 valence electrons. The monoisotopic (exact) mass is 747 g/mol. The molecule has 0 spiro atoms. The number of aliphatic hydroxyl groups is 2. The first-order valence-corrected chi connectivity index (χ1v) is 19.4. The molecule has 2 aromatic carbocycles. The van der Waals surface area contributed by atoms with Crippen LogP contribution in [0.3, 0.4) is 0 Å². The van der Waals surface area contributed by atoms with Gasteiger partial charge in [0.2, 0.25) is 5.79 Å². The number of benzene rings is 2. The van der Waals surface area contributed by atoms with Gasteiger partial charge in [0.1, 0.15) is 24.1 Å². The van der Waals surface area contributed by atoms with Crippen LogP contribution in [0.25, 0.3) is 0 Å². The largest absolute Gasteiger partial charge is 0.459 e. The summed E-state index contributed by atoms with van der Waals surface area (Å²) in [4.78, 5) is 34.1. The number of amides is 2. The third kappa shape index (κ3) is 9.10. The molecule has 1 fully saturated rings. The van der Waals surface area contributed by atoms with Gasteiger partial charge in [-0.3, -0.25) is 4.90 Å². The average molecular weight is 748 g/mol. The molecular weight excluding hydrogens is 690 g/mol. The highest BCUT2D eigenvalue weighted by atomic mass is 16.7. The van der Waals surface area contributed by atoms with Crippen LogP contribution in [0.5, 0.6) is 11.5 Å². The van der Waals surface area contributed by atoms with Crippen LogP contribution in [-0.2, 0) is 20.9 Å². The molecule has 12 nitrogen and oxygen atoms in total. The van der Waals surface area contributed by atoms with E-state index in [4.69, 9.17) is 23.8 Å². The van der Waals surface area contributed by atoms with Gasteiger partial charge >= 0.3 is 12.2 Å². The van der Waals surface area contributed by atoms with Crippen molar-refractivity contribution in [3.8, 4) is 11.5 Å². The smallest absolute Gasteiger partial charge is 0.412 e. The maximum absolute atomic E-state index is 13.6. The number of oxime groups is 1. The predicted octanol–water partition coefficient (Wildman–Crippen LogP) is 7.11. The molecule has 6 unspecified atom stereocenters. The summed E-state index contributed by atoms with van der Waals surface area (Å²) in [5.74, 6) is -1.06. The van der Waals surface area contributed by atoms with Crippen molar-refractivity contribution in [2.24, 2.45) is 22.9 Å². The molecule has 1 heterocycles. The lowest BCUT2D eigenvalue weighted by Crippen LogP contribution is -2.70. The zero-order chi connectivity index (χ0) is 38.5. The second-order valence-electron chi connectivity index (χ2n) is 14.1. The van der Waals surface area contributed by atoms with Gasteiger partial charge < -0.3 is 39.3 Å². The minimum atomic E-state index is -1.38. The highest BCUT2D eigenvalue weighted by molar-refractivity contribution is 6.03. The minimum absolute atomic E-state index is 0.0327. The highest BCUT2D eigenvalue weighted by Gasteiger charge is 2.65. The highest BCUT2D eigenvalue weighted by Crippen LogP contribution is 2.62. The number of ether oxygens (including phenoxy) is 4. The third-order valence-electron chi connectivity index (χ3n) is 10.7. The van der Waals surface area contributed by atoms with Crippen molar-refractivity contribution in [3.63, 3.8) is 0 Å². The number of carbonyl (C=O) groups is 2. The van der Waals surface area contributed by atoms with Crippen LogP contribution >= 0.6 is 0 Å².